The lowest BCUT2D eigenvalue weighted by Gasteiger charge is -2.42. The average molecular weight is 275 g/mol. The summed E-state index contributed by atoms with van der Waals surface area (Å²) in [5.74, 6) is -0.316. The van der Waals surface area contributed by atoms with Gasteiger partial charge in [0.05, 0.1) is 13.2 Å². The first-order chi connectivity index (χ1) is 9.69. The van der Waals surface area contributed by atoms with Crippen LogP contribution in [0.1, 0.15) is 5.56 Å². The number of amides is 2. The monoisotopic (exact) mass is 275 g/mol. The first-order valence-electron chi connectivity index (χ1n) is 6.63. The molecule has 2 atom stereocenters. The quantitative estimate of drug-likeness (QED) is 0.757. The highest BCUT2D eigenvalue weighted by molar-refractivity contribution is 5.90. The molecule has 6 heteroatoms. The van der Waals surface area contributed by atoms with Gasteiger partial charge in [-0.1, -0.05) is 30.3 Å². The van der Waals surface area contributed by atoms with Crippen molar-refractivity contribution in [1.82, 2.24) is 15.5 Å². The fraction of sp³-hybridized carbons (Fsp3) is 0.429. The minimum absolute atomic E-state index is 0.119. The van der Waals surface area contributed by atoms with Crippen LogP contribution in [0.15, 0.2) is 30.3 Å². The van der Waals surface area contributed by atoms with Crippen LogP contribution in [0.4, 0.5) is 0 Å². The Bertz CT molecular complexity index is 534. The van der Waals surface area contributed by atoms with Crippen molar-refractivity contribution in [3.63, 3.8) is 0 Å². The number of nitrogens with one attached hydrogen (secondary N) is 2. The molecule has 1 aromatic rings. The maximum absolute atomic E-state index is 12.3. The highest BCUT2D eigenvalue weighted by Crippen LogP contribution is 2.38. The molecule has 2 fully saturated rings. The number of carbonyl (C=O) groups is 2. The van der Waals surface area contributed by atoms with Crippen molar-refractivity contribution in [2.75, 3.05) is 26.7 Å². The Labute approximate surface area is 117 Å². The first-order valence-corrected chi connectivity index (χ1v) is 6.63. The largest absolute Gasteiger partial charge is 0.357 e. The van der Waals surface area contributed by atoms with Crippen molar-refractivity contribution in [3.8, 4) is 0 Å². The molecule has 1 aromatic carbocycles. The molecule has 0 spiro atoms. The number of ether oxygens (including phenoxy) is 1. The smallest absolute Gasteiger partial charge is 0.245 e. The molecule has 2 aliphatic heterocycles. The van der Waals surface area contributed by atoms with E-state index in [1.165, 1.54) is 0 Å². The maximum Gasteiger partial charge on any atom is 0.245 e. The number of likely N-dealkylation sites (N-methyl/N-ethyl adjacent to an activating group) is 1. The van der Waals surface area contributed by atoms with Gasteiger partial charge in [0, 0.05) is 19.2 Å². The summed E-state index contributed by atoms with van der Waals surface area (Å²) < 4.78 is 5.92. The Morgan fingerprint density at radius 3 is 2.90 bits per heavy atom. The SMILES string of the molecule is CNC(=O)[C@@H]1CO[C@@]2(c3ccccc3)CNCC(=O)N12. The Balaban J connectivity index is 2.04. The molecular weight excluding hydrogens is 258 g/mol. The molecule has 0 aliphatic carbocycles. The van der Waals surface area contributed by atoms with Crippen LogP contribution in [0.2, 0.25) is 0 Å². The van der Waals surface area contributed by atoms with Crippen LogP contribution in [0.25, 0.3) is 0 Å². The maximum atomic E-state index is 12.3. The van der Waals surface area contributed by atoms with E-state index in [2.05, 4.69) is 10.6 Å². The van der Waals surface area contributed by atoms with Crippen LogP contribution in [0.3, 0.4) is 0 Å². The van der Waals surface area contributed by atoms with E-state index in [4.69, 9.17) is 4.74 Å². The predicted molar refractivity (Wildman–Crippen MR) is 71.6 cm³/mol. The fourth-order valence-electron chi connectivity index (χ4n) is 2.93. The number of piperazine rings is 1. The molecule has 3 rings (SSSR count). The number of hydrogen-bond acceptors (Lipinski definition) is 4. The van der Waals surface area contributed by atoms with Crippen molar-refractivity contribution < 1.29 is 14.3 Å². The number of nitrogens with zero attached hydrogens (tertiary/aromatic N) is 1. The first kappa shape index (κ1) is 13.1. The molecule has 106 valence electrons. The number of carbonyl (C=O) groups excluding carboxylic acids is 2. The Morgan fingerprint density at radius 2 is 2.20 bits per heavy atom. The van der Waals surface area contributed by atoms with E-state index in [-0.39, 0.29) is 25.0 Å². The molecule has 0 aromatic heterocycles. The molecular formula is C14H17N3O3. The van der Waals surface area contributed by atoms with E-state index < -0.39 is 11.8 Å². The van der Waals surface area contributed by atoms with Gasteiger partial charge in [-0.2, -0.15) is 0 Å². The summed E-state index contributed by atoms with van der Waals surface area (Å²) >= 11 is 0. The Hall–Kier alpha value is -1.92. The van der Waals surface area contributed by atoms with E-state index in [0.29, 0.717) is 6.54 Å². The lowest BCUT2D eigenvalue weighted by Crippen LogP contribution is -2.63. The molecule has 2 saturated heterocycles. The molecule has 2 amide bonds. The second-order valence-electron chi connectivity index (χ2n) is 4.96. The summed E-state index contributed by atoms with van der Waals surface area (Å²) in [5, 5.41) is 5.67. The summed E-state index contributed by atoms with van der Waals surface area (Å²) in [5.41, 5.74) is 0.000257. The normalized spacial score (nSPS) is 29.1. The van der Waals surface area contributed by atoms with Gasteiger partial charge < -0.3 is 15.4 Å². The van der Waals surface area contributed by atoms with Gasteiger partial charge in [0.15, 0.2) is 5.72 Å². The average Bonchev–Trinajstić information content (AvgIpc) is 2.90. The van der Waals surface area contributed by atoms with Crippen LogP contribution in [-0.4, -0.2) is 49.5 Å². The van der Waals surface area contributed by atoms with Gasteiger partial charge in [0.25, 0.3) is 0 Å². The van der Waals surface area contributed by atoms with E-state index in [1.54, 1.807) is 11.9 Å². The Morgan fingerprint density at radius 1 is 1.45 bits per heavy atom. The lowest BCUT2D eigenvalue weighted by atomic mass is 9.98. The summed E-state index contributed by atoms with van der Waals surface area (Å²) in [6.07, 6.45) is 0. The van der Waals surface area contributed by atoms with E-state index in [1.807, 2.05) is 30.3 Å². The predicted octanol–water partition coefficient (Wildman–Crippen LogP) is -0.584. The molecule has 0 unspecified atom stereocenters. The third-order valence-electron chi connectivity index (χ3n) is 3.86. The molecule has 20 heavy (non-hydrogen) atoms. The molecule has 2 N–H and O–H groups in total. The van der Waals surface area contributed by atoms with Gasteiger partial charge in [-0.25, -0.2) is 0 Å². The van der Waals surface area contributed by atoms with Gasteiger partial charge in [-0.3, -0.25) is 14.5 Å². The second-order valence-corrected chi connectivity index (χ2v) is 4.96. The van der Waals surface area contributed by atoms with Gasteiger partial charge in [0.1, 0.15) is 6.04 Å². The van der Waals surface area contributed by atoms with Crippen LogP contribution in [0, 0.1) is 0 Å². The molecule has 2 aliphatic rings. The number of benzene rings is 1. The van der Waals surface area contributed by atoms with E-state index in [0.717, 1.165) is 5.56 Å². The molecule has 2 heterocycles. The van der Waals surface area contributed by atoms with Crippen molar-refractivity contribution in [3.05, 3.63) is 35.9 Å². The van der Waals surface area contributed by atoms with Crippen molar-refractivity contribution in [1.29, 1.82) is 0 Å². The second kappa shape index (κ2) is 4.88. The molecule has 6 nitrogen and oxygen atoms in total. The standard InChI is InChI=1S/C14H17N3O3/c1-15-13(19)11-8-20-14(10-5-3-2-4-6-10)9-16-7-12(18)17(11)14/h2-6,11,16H,7-9H2,1H3,(H,15,19)/t11-,14+/m0/s1. The van der Waals surface area contributed by atoms with Crippen molar-refractivity contribution >= 4 is 11.8 Å². The van der Waals surface area contributed by atoms with Crippen molar-refractivity contribution in [2.24, 2.45) is 0 Å². The zero-order chi connectivity index (χ0) is 14.2. The van der Waals surface area contributed by atoms with Crippen LogP contribution in [-0.2, 0) is 20.1 Å². The topological polar surface area (TPSA) is 70.7 Å². The highest BCUT2D eigenvalue weighted by atomic mass is 16.5. The van der Waals surface area contributed by atoms with Crippen LogP contribution >= 0.6 is 0 Å². The minimum atomic E-state index is -0.881. The summed E-state index contributed by atoms with van der Waals surface area (Å²) in [6.45, 7) is 0.920. The number of rotatable bonds is 2. The van der Waals surface area contributed by atoms with E-state index in [9.17, 15) is 9.59 Å². The fourth-order valence-corrected chi connectivity index (χ4v) is 2.93. The third-order valence-corrected chi connectivity index (χ3v) is 3.86. The van der Waals surface area contributed by atoms with Crippen LogP contribution < -0.4 is 10.6 Å². The zero-order valence-electron chi connectivity index (χ0n) is 11.3. The number of hydrogen-bond donors (Lipinski definition) is 2. The third kappa shape index (κ3) is 1.80. The van der Waals surface area contributed by atoms with Crippen molar-refractivity contribution in [2.45, 2.75) is 11.8 Å². The molecule has 0 radical (unpaired) electrons. The van der Waals surface area contributed by atoms with Gasteiger partial charge >= 0.3 is 0 Å². The number of fused-ring (bicyclic) bond motifs is 1. The van der Waals surface area contributed by atoms with E-state index >= 15 is 0 Å². The molecule has 0 saturated carbocycles. The minimum Gasteiger partial charge on any atom is -0.357 e. The Kier molecular flexibility index (Phi) is 3.19. The molecule has 0 bridgehead atoms. The summed E-state index contributed by atoms with van der Waals surface area (Å²) in [4.78, 5) is 25.9. The lowest BCUT2D eigenvalue weighted by molar-refractivity contribution is -0.161. The summed E-state index contributed by atoms with van der Waals surface area (Å²) in [7, 11) is 1.57. The highest BCUT2D eigenvalue weighted by Gasteiger charge is 2.55. The van der Waals surface area contributed by atoms with Gasteiger partial charge in [0.2, 0.25) is 11.8 Å². The van der Waals surface area contributed by atoms with Gasteiger partial charge in [-0.15, -0.1) is 0 Å². The summed E-state index contributed by atoms with van der Waals surface area (Å²) in [6, 6.07) is 8.97. The van der Waals surface area contributed by atoms with Crippen LogP contribution in [0.5, 0.6) is 0 Å². The van der Waals surface area contributed by atoms with Gasteiger partial charge in [-0.05, 0) is 0 Å². The zero-order valence-corrected chi connectivity index (χ0v) is 11.3.